The van der Waals surface area contributed by atoms with Crippen molar-refractivity contribution in [2.24, 2.45) is 5.92 Å². The minimum atomic E-state index is -0.136. The van der Waals surface area contributed by atoms with Gasteiger partial charge in [-0.25, -0.2) is 4.98 Å². The van der Waals surface area contributed by atoms with Crippen molar-refractivity contribution in [1.82, 2.24) is 15.3 Å². The zero-order chi connectivity index (χ0) is 22.8. The molecule has 3 aromatic rings. The molecule has 1 aliphatic heterocycles. The third kappa shape index (κ3) is 4.62. The van der Waals surface area contributed by atoms with Crippen molar-refractivity contribution in [3.63, 3.8) is 0 Å². The summed E-state index contributed by atoms with van der Waals surface area (Å²) in [6, 6.07) is 8.10. The van der Waals surface area contributed by atoms with Crippen LogP contribution in [-0.2, 0) is 4.79 Å². The number of ether oxygens (including phenoxy) is 1. The lowest BCUT2D eigenvalue weighted by Crippen LogP contribution is -2.47. The van der Waals surface area contributed by atoms with Crippen LogP contribution in [0.2, 0.25) is 0 Å². The van der Waals surface area contributed by atoms with Crippen LogP contribution in [0.15, 0.2) is 34.4 Å². The number of H-pyrrole nitrogens is 1. The maximum atomic E-state index is 12.9. The summed E-state index contributed by atoms with van der Waals surface area (Å²) in [4.78, 5) is 35.7. The second kappa shape index (κ2) is 9.55. The summed E-state index contributed by atoms with van der Waals surface area (Å²) in [6.45, 7) is 1.35. The van der Waals surface area contributed by atoms with Crippen molar-refractivity contribution < 1.29 is 9.53 Å². The quantitative estimate of drug-likeness (QED) is 0.585. The number of anilines is 1. The minimum absolute atomic E-state index is 0.0815. The summed E-state index contributed by atoms with van der Waals surface area (Å²) in [6.07, 6.45) is 7.60. The van der Waals surface area contributed by atoms with Crippen LogP contribution in [0.3, 0.4) is 0 Å². The summed E-state index contributed by atoms with van der Waals surface area (Å²) < 4.78 is 5.98. The molecule has 1 atom stereocenters. The first-order valence-electron chi connectivity index (χ1n) is 11.8. The number of methoxy groups -OCH3 is 1. The number of aromatic nitrogens is 2. The molecule has 174 valence electrons. The molecule has 1 aliphatic carbocycles. The van der Waals surface area contributed by atoms with Crippen molar-refractivity contribution >= 4 is 33.4 Å². The molecule has 2 fully saturated rings. The number of hydrogen-bond acceptors (Lipinski definition) is 6. The molecule has 1 saturated carbocycles. The minimum Gasteiger partial charge on any atom is -0.497 e. The lowest BCUT2D eigenvalue weighted by molar-refractivity contribution is -0.126. The molecule has 2 N–H and O–H groups in total. The van der Waals surface area contributed by atoms with E-state index in [0.717, 1.165) is 49.1 Å². The van der Waals surface area contributed by atoms with Gasteiger partial charge in [0.25, 0.3) is 5.56 Å². The van der Waals surface area contributed by atoms with Crippen molar-refractivity contribution in [2.45, 2.75) is 51.0 Å². The van der Waals surface area contributed by atoms with Gasteiger partial charge in [-0.3, -0.25) is 14.6 Å². The fraction of sp³-hybridized carbons (Fsp3) is 0.480. The Balaban J connectivity index is 1.39. The predicted molar refractivity (Wildman–Crippen MR) is 132 cm³/mol. The maximum Gasteiger partial charge on any atom is 0.270 e. The number of benzene rings is 1. The molecule has 0 spiro atoms. The Morgan fingerprint density at radius 3 is 2.88 bits per heavy atom. The van der Waals surface area contributed by atoms with Crippen LogP contribution < -0.4 is 20.5 Å². The molecule has 3 heterocycles. The number of amides is 1. The average Bonchev–Trinajstić information content (AvgIpc) is 3.29. The van der Waals surface area contributed by atoms with Crippen LogP contribution in [0.25, 0.3) is 21.3 Å². The van der Waals surface area contributed by atoms with Crippen LogP contribution in [0.4, 0.5) is 5.95 Å². The fourth-order valence-corrected chi connectivity index (χ4v) is 5.92. The van der Waals surface area contributed by atoms with Gasteiger partial charge in [-0.2, -0.15) is 0 Å². The second-order valence-corrected chi connectivity index (χ2v) is 9.96. The van der Waals surface area contributed by atoms with Crippen molar-refractivity contribution in [3.05, 3.63) is 40.0 Å². The van der Waals surface area contributed by atoms with Gasteiger partial charge < -0.3 is 15.0 Å². The van der Waals surface area contributed by atoms with Crippen molar-refractivity contribution in [3.8, 4) is 16.9 Å². The molecular formula is C25H30N4O3S. The molecule has 7 nitrogen and oxygen atoms in total. The molecule has 33 heavy (non-hydrogen) atoms. The number of piperidine rings is 1. The maximum absolute atomic E-state index is 12.9. The van der Waals surface area contributed by atoms with E-state index in [1.807, 2.05) is 29.6 Å². The second-order valence-electron chi connectivity index (χ2n) is 9.08. The van der Waals surface area contributed by atoms with Gasteiger partial charge in [-0.15, -0.1) is 11.3 Å². The monoisotopic (exact) mass is 466 g/mol. The largest absolute Gasteiger partial charge is 0.497 e. The first-order chi connectivity index (χ1) is 16.1. The van der Waals surface area contributed by atoms with E-state index < -0.39 is 0 Å². The highest BCUT2D eigenvalue weighted by molar-refractivity contribution is 7.17. The van der Waals surface area contributed by atoms with E-state index >= 15 is 0 Å². The third-order valence-electron chi connectivity index (χ3n) is 6.84. The van der Waals surface area contributed by atoms with Crippen molar-refractivity contribution in [1.29, 1.82) is 0 Å². The summed E-state index contributed by atoms with van der Waals surface area (Å²) >= 11 is 1.40. The van der Waals surface area contributed by atoms with E-state index in [9.17, 15) is 9.59 Å². The van der Waals surface area contributed by atoms with E-state index in [2.05, 4.69) is 15.2 Å². The molecule has 0 bridgehead atoms. The van der Waals surface area contributed by atoms with Crippen LogP contribution in [-0.4, -0.2) is 42.1 Å². The third-order valence-corrected chi connectivity index (χ3v) is 7.81. The first-order valence-corrected chi connectivity index (χ1v) is 12.7. The smallest absolute Gasteiger partial charge is 0.270 e. The summed E-state index contributed by atoms with van der Waals surface area (Å²) in [5.41, 5.74) is 2.45. The van der Waals surface area contributed by atoms with E-state index in [0.29, 0.717) is 28.8 Å². The molecule has 8 heteroatoms. The van der Waals surface area contributed by atoms with E-state index in [-0.39, 0.29) is 17.4 Å². The van der Waals surface area contributed by atoms with Gasteiger partial charge in [0.05, 0.1) is 18.5 Å². The summed E-state index contributed by atoms with van der Waals surface area (Å²) in [5, 5.41) is 5.25. The molecule has 5 rings (SSSR count). The fourth-order valence-electron chi connectivity index (χ4n) is 5.01. The normalized spacial score (nSPS) is 19.5. The van der Waals surface area contributed by atoms with Gasteiger partial charge in [-0.1, -0.05) is 31.4 Å². The van der Waals surface area contributed by atoms with Gasteiger partial charge in [0.2, 0.25) is 11.9 Å². The number of nitrogens with one attached hydrogen (secondary N) is 2. The molecule has 1 saturated heterocycles. The number of carbonyl (C=O) groups is 1. The van der Waals surface area contributed by atoms with Gasteiger partial charge in [0.1, 0.15) is 10.4 Å². The first kappa shape index (κ1) is 21.9. The molecule has 1 amide bonds. The van der Waals surface area contributed by atoms with Crippen molar-refractivity contribution in [2.75, 3.05) is 25.1 Å². The highest BCUT2D eigenvalue weighted by Gasteiger charge is 2.29. The molecule has 0 unspecified atom stereocenters. The Morgan fingerprint density at radius 1 is 1.21 bits per heavy atom. The standard InChI is InChI=1S/C25H30N4O3S/c1-32-19-11-5-7-16(13-19)20-15-33-22-21(20)27-25(28-24(22)31)29-12-6-8-17(14-29)23(30)26-18-9-3-2-4-10-18/h5,7,11,13,15,17-18H,2-4,6,8-10,12,14H2,1H3,(H,26,30)(H,27,28,31)/t17-/m1/s1. The van der Waals surface area contributed by atoms with E-state index in [1.54, 1.807) is 7.11 Å². The molecular weight excluding hydrogens is 436 g/mol. The number of carbonyl (C=O) groups excluding carboxylic acids is 1. The Bertz CT molecular complexity index is 1200. The number of rotatable bonds is 5. The summed E-state index contributed by atoms with van der Waals surface area (Å²) in [7, 11) is 1.64. The Kier molecular flexibility index (Phi) is 6.35. The number of fused-ring (bicyclic) bond motifs is 1. The Morgan fingerprint density at radius 2 is 2.06 bits per heavy atom. The Hall–Kier alpha value is -2.87. The zero-order valence-corrected chi connectivity index (χ0v) is 19.7. The zero-order valence-electron chi connectivity index (χ0n) is 18.9. The van der Waals surface area contributed by atoms with Gasteiger partial charge >= 0.3 is 0 Å². The average molecular weight is 467 g/mol. The van der Waals surface area contributed by atoms with Crippen LogP contribution in [0.5, 0.6) is 5.75 Å². The van der Waals surface area contributed by atoms with E-state index in [4.69, 9.17) is 9.72 Å². The molecule has 2 aromatic heterocycles. The summed E-state index contributed by atoms with van der Waals surface area (Å²) in [5.74, 6) is 1.37. The molecule has 1 aromatic carbocycles. The van der Waals surface area contributed by atoms with E-state index in [1.165, 1.54) is 30.6 Å². The van der Waals surface area contributed by atoms with Crippen LogP contribution in [0, 0.1) is 5.92 Å². The molecule has 2 aliphatic rings. The number of nitrogens with zero attached hydrogens (tertiary/aromatic N) is 2. The lowest BCUT2D eigenvalue weighted by Gasteiger charge is -2.33. The number of thiophene rings is 1. The molecule has 0 radical (unpaired) electrons. The van der Waals surface area contributed by atoms with Gasteiger partial charge in [-0.05, 0) is 43.4 Å². The van der Waals surface area contributed by atoms with Crippen LogP contribution in [0.1, 0.15) is 44.9 Å². The SMILES string of the molecule is COc1cccc(-c2csc3c(=O)[nH]c(N4CCC[C@@H](C(=O)NC5CCCCC5)C4)nc23)c1. The van der Waals surface area contributed by atoms with Crippen LogP contribution >= 0.6 is 11.3 Å². The highest BCUT2D eigenvalue weighted by atomic mass is 32.1. The number of hydrogen-bond donors (Lipinski definition) is 2. The number of aromatic amines is 1. The topological polar surface area (TPSA) is 87.3 Å². The van der Waals surface area contributed by atoms with Gasteiger partial charge in [0.15, 0.2) is 0 Å². The highest BCUT2D eigenvalue weighted by Crippen LogP contribution is 2.33. The van der Waals surface area contributed by atoms with Gasteiger partial charge in [0, 0.05) is 30.1 Å². The predicted octanol–water partition coefficient (Wildman–Crippen LogP) is 4.33. The lowest BCUT2D eigenvalue weighted by atomic mass is 9.93. The Labute approximate surface area is 197 Å².